The number of thiazole rings is 1. The third kappa shape index (κ3) is 5.22. The van der Waals surface area contributed by atoms with E-state index in [9.17, 15) is 23.2 Å². The zero-order valence-electron chi connectivity index (χ0n) is 18.5. The van der Waals surface area contributed by atoms with Gasteiger partial charge in [-0.05, 0) is 25.8 Å². The maximum absolute atomic E-state index is 13.7. The molecule has 12 heteroatoms. The second kappa shape index (κ2) is 10.2. The van der Waals surface area contributed by atoms with Crippen LogP contribution in [-0.2, 0) is 22.7 Å². The van der Waals surface area contributed by atoms with E-state index in [1.165, 1.54) is 23.7 Å². The molecule has 2 aromatic heterocycles. The summed E-state index contributed by atoms with van der Waals surface area (Å²) in [5, 5.41) is 5.98. The molecule has 9 nitrogen and oxygen atoms in total. The van der Waals surface area contributed by atoms with Gasteiger partial charge in [-0.15, -0.1) is 0 Å². The predicted octanol–water partition coefficient (Wildman–Crippen LogP) is 1.80. The summed E-state index contributed by atoms with van der Waals surface area (Å²) in [5.41, 5.74) is 0.0135. The molecule has 0 saturated carbocycles. The van der Waals surface area contributed by atoms with Crippen LogP contribution in [0.5, 0.6) is 0 Å². The lowest BCUT2D eigenvalue weighted by Crippen LogP contribution is -2.43. The monoisotopic (exact) mass is 490 g/mol. The molecule has 0 bridgehead atoms. The number of fused-ring (bicyclic) bond motifs is 1. The molecule has 1 aromatic carbocycles. The van der Waals surface area contributed by atoms with Crippen LogP contribution >= 0.6 is 11.3 Å². The molecule has 1 aliphatic heterocycles. The third-order valence-corrected chi connectivity index (χ3v) is 6.68. The lowest BCUT2D eigenvalue weighted by atomic mass is 9.97. The number of carbonyl (C=O) groups excluding carboxylic acids is 2. The number of hydrogen-bond acceptors (Lipinski definition) is 7. The molecule has 1 fully saturated rings. The first-order chi connectivity index (χ1) is 16.4. The van der Waals surface area contributed by atoms with Crippen molar-refractivity contribution in [2.45, 2.75) is 32.9 Å². The first-order valence-electron chi connectivity index (χ1n) is 10.9. The van der Waals surface area contributed by atoms with Crippen molar-refractivity contribution >= 4 is 38.6 Å². The Morgan fingerprint density at radius 2 is 2.09 bits per heavy atom. The summed E-state index contributed by atoms with van der Waals surface area (Å²) in [5.74, 6) is -2.10. The zero-order chi connectivity index (χ0) is 24.2. The van der Waals surface area contributed by atoms with Gasteiger partial charge < -0.3 is 15.5 Å². The number of rotatable bonds is 7. The van der Waals surface area contributed by atoms with E-state index in [1.54, 1.807) is 0 Å². The Bertz CT molecular complexity index is 1280. The molecule has 1 unspecified atom stereocenters. The number of amides is 2. The molecule has 0 spiro atoms. The molecular weight excluding hydrogens is 466 g/mol. The van der Waals surface area contributed by atoms with Crippen LogP contribution in [0.4, 0.5) is 13.9 Å². The van der Waals surface area contributed by atoms with E-state index in [0.29, 0.717) is 22.9 Å². The van der Waals surface area contributed by atoms with Crippen molar-refractivity contribution in [3.05, 3.63) is 52.1 Å². The summed E-state index contributed by atoms with van der Waals surface area (Å²) in [6.07, 6.45) is 2.89. The summed E-state index contributed by atoms with van der Waals surface area (Å²) >= 11 is 1.18. The highest BCUT2D eigenvalue weighted by Crippen LogP contribution is 2.29. The van der Waals surface area contributed by atoms with Crippen LogP contribution < -0.4 is 21.1 Å². The Kier molecular flexibility index (Phi) is 7.15. The fourth-order valence-electron chi connectivity index (χ4n) is 3.84. The number of aromatic nitrogens is 3. The highest BCUT2D eigenvalue weighted by Gasteiger charge is 2.27. The highest BCUT2D eigenvalue weighted by atomic mass is 32.1. The van der Waals surface area contributed by atoms with Gasteiger partial charge >= 0.3 is 0 Å². The molecule has 180 valence electrons. The third-order valence-electron chi connectivity index (χ3n) is 5.59. The number of halogens is 2. The second-order valence-electron chi connectivity index (χ2n) is 8.02. The molecule has 0 radical (unpaired) electrons. The normalized spacial score (nSPS) is 16.0. The molecule has 1 atom stereocenters. The average molecular weight is 491 g/mol. The van der Waals surface area contributed by atoms with E-state index in [1.807, 2.05) is 11.8 Å². The van der Waals surface area contributed by atoms with E-state index in [2.05, 4.69) is 20.6 Å². The smallest absolute Gasteiger partial charge is 0.273 e. The molecule has 0 aliphatic carbocycles. The minimum atomic E-state index is -0.759. The van der Waals surface area contributed by atoms with Gasteiger partial charge in [0.25, 0.3) is 5.56 Å². The van der Waals surface area contributed by atoms with Crippen LogP contribution in [0, 0.1) is 17.6 Å². The standard InChI is InChI=1S/C22H24F2N6O3S/c1-2-25-20(32)14-4-3-7-29(10-14)22-28-19-18(34-22)21(33)30(12-27-19)11-17(31)26-9-13-5-6-15(23)8-16(13)24/h5-6,8,12,14H,2-4,7,9-11H2,1H3,(H,25,32)(H,26,31). The van der Waals surface area contributed by atoms with Crippen molar-refractivity contribution in [3.8, 4) is 0 Å². The Labute approximate surface area is 197 Å². The lowest BCUT2D eigenvalue weighted by molar-refractivity contribution is -0.125. The molecule has 3 heterocycles. The second-order valence-corrected chi connectivity index (χ2v) is 9.00. The number of anilines is 1. The quantitative estimate of drug-likeness (QED) is 0.523. The van der Waals surface area contributed by atoms with E-state index in [4.69, 9.17) is 0 Å². The number of hydrogen-bond donors (Lipinski definition) is 2. The molecule has 1 aliphatic rings. The average Bonchev–Trinajstić information content (AvgIpc) is 3.26. The van der Waals surface area contributed by atoms with Crippen LogP contribution in [0.2, 0.25) is 0 Å². The van der Waals surface area contributed by atoms with Gasteiger partial charge in [0.1, 0.15) is 29.2 Å². The van der Waals surface area contributed by atoms with Crippen molar-refractivity contribution in [3.63, 3.8) is 0 Å². The maximum atomic E-state index is 13.7. The first kappa shape index (κ1) is 23.7. The van der Waals surface area contributed by atoms with Gasteiger partial charge in [-0.1, -0.05) is 17.4 Å². The van der Waals surface area contributed by atoms with Crippen molar-refractivity contribution in [1.82, 2.24) is 25.2 Å². The highest BCUT2D eigenvalue weighted by molar-refractivity contribution is 7.22. The molecule has 1 saturated heterocycles. The summed E-state index contributed by atoms with van der Waals surface area (Å²) in [7, 11) is 0. The lowest BCUT2D eigenvalue weighted by Gasteiger charge is -2.31. The van der Waals surface area contributed by atoms with E-state index in [0.717, 1.165) is 36.1 Å². The van der Waals surface area contributed by atoms with Gasteiger partial charge in [-0.25, -0.2) is 13.8 Å². The molecule has 2 N–H and O–H groups in total. The fraction of sp³-hybridized carbons (Fsp3) is 0.409. The summed E-state index contributed by atoms with van der Waals surface area (Å²) < 4.78 is 28.2. The zero-order valence-corrected chi connectivity index (χ0v) is 19.3. The van der Waals surface area contributed by atoms with E-state index < -0.39 is 23.1 Å². The van der Waals surface area contributed by atoms with Gasteiger partial charge in [0.05, 0.1) is 5.92 Å². The Morgan fingerprint density at radius 3 is 2.85 bits per heavy atom. The van der Waals surface area contributed by atoms with E-state index >= 15 is 0 Å². The minimum Gasteiger partial charge on any atom is -0.356 e. The van der Waals surface area contributed by atoms with Gasteiger partial charge in [-0.3, -0.25) is 19.0 Å². The van der Waals surface area contributed by atoms with Crippen LogP contribution in [0.15, 0.2) is 29.3 Å². The number of nitrogens with one attached hydrogen (secondary N) is 2. The maximum Gasteiger partial charge on any atom is 0.273 e. The number of piperidine rings is 1. The molecule has 2 amide bonds. The fourth-order valence-corrected chi connectivity index (χ4v) is 4.84. The Hall–Kier alpha value is -3.41. The number of benzene rings is 1. The molecule has 3 aromatic rings. The van der Waals surface area contributed by atoms with Crippen LogP contribution in [0.1, 0.15) is 25.3 Å². The molecule has 4 rings (SSSR count). The SMILES string of the molecule is CCNC(=O)C1CCCN(c2nc3ncn(CC(=O)NCc4ccc(F)cc4F)c(=O)c3s2)C1. The van der Waals surface area contributed by atoms with Crippen LogP contribution in [-0.4, -0.2) is 46.0 Å². The minimum absolute atomic E-state index is 0.0142. The van der Waals surface area contributed by atoms with Crippen molar-refractivity contribution in [2.24, 2.45) is 5.92 Å². The van der Waals surface area contributed by atoms with E-state index in [-0.39, 0.29) is 36.1 Å². The summed E-state index contributed by atoms with van der Waals surface area (Å²) in [4.78, 5) is 48.1. The van der Waals surface area contributed by atoms with Crippen LogP contribution in [0.25, 0.3) is 10.3 Å². The predicted molar refractivity (Wildman–Crippen MR) is 124 cm³/mol. The largest absolute Gasteiger partial charge is 0.356 e. The van der Waals surface area contributed by atoms with Gasteiger partial charge in [0.2, 0.25) is 11.8 Å². The van der Waals surface area contributed by atoms with Crippen molar-refractivity contribution in [2.75, 3.05) is 24.5 Å². The van der Waals surface area contributed by atoms with Crippen molar-refractivity contribution in [1.29, 1.82) is 0 Å². The molecular formula is C22H24F2N6O3S. The van der Waals surface area contributed by atoms with Gasteiger partial charge in [-0.2, -0.15) is 4.98 Å². The Morgan fingerprint density at radius 1 is 1.26 bits per heavy atom. The number of nitrogens with zero attached hydrogens (tertiary/aromatic N) is 4. The Balaban J connectivity index is 1.45. The topological polar surface area (TPSA) is 109 Å². The molecule has 34 heavy (non-hydrogen) atoms. The first-order valence-corrected chi connectivity index (χ1v) is 11.8. The summed E-state index contributed by atoms with van der Waals surface area (Å²) in [6, 6.07) is 3.10. The van der Waals surface area contributed by atoms with Gasteiger partial charge in [0, 0.05) is 37.8 Å². The van der Waals surface area contributed by atoms with Crippen LogP contribution in [0.3, 0.4) is 0 Å². The van der Waals surface area contributed by atoms with Gasteiger partial charge in [0.15, 0.2) is 10.8 Å². The summed E-state index contributed by atoms with van der Waals surface area (Å²) in [6.45, 7) is 3.26. The van der Waals surface area contributed by atoms with Crippen molar-refractivity contribution < 1.29 is 18.4 Å². The number of carbonyl (C=O) groups is 2.